The van der Waals surface area contributed by atoms with Crippen molar-refractivity contribution >= 4 is 15.7 Å². The predicted octanol–water partition coefficient (Wildman–Crippen LogP) is 2.75. The smallest absolute Gasteiger partial charge is 0.260 e. The summed E-state index contributed by atoms with van der Waals surface area (Å²) in [5.41, 5.74) is 6.12. The molecule has 1 atom stereocenters. The first-order valence-electron chi connectivity index (χ1n) is 7.91. The number of nitrogens with two attached hydrogens (primary N) is 1. The quantitative estimate of drug-likeness (QED) is 0.491. The number of ether oxygens (including phenoxy) is 1. The predicted molar refractivity (Wildman–Crippen MR) is 103 cm³/mol. The Labute approximate surface area is 160 Å². The van der Waals surface area contributed by atoms with Gasteiger partial charge in [-0.25, -0.2) is 13.9 Å². The summed E-state index contributed by atoms with van der Waals surface area (Å²) in [6.45, 7) is 3.11. The molecule has 7 nitrogen and oxygen atoms in total. The number of hydrogen-bond acceptors (Lipinski definition) is 6. The summed E-state index contributed by atoms with van der Waals surface area (Å²) in [5, 5.41) is 8.69. The van der Waals surface area contributed by atoms with Gasteiger partial charge in [-0.15, -0.1) is 0 Å². The van der Waals surface area contributed by atoms with E-state index in [2.05, 4.69) is 0 Å². The summed E-state index contributed by atoms with van der Waals surface area (Å²) in [4.78, 5) is 11.6. The molecular weight excluding hydrogens is 368 g/mol. The van der Waals surface area contributed by atoms with Crippen LogP contribution >= 0.6 is 0 Å². The molecule has 0 aliphatic carbocycles. The second-order valence-electron chi connectivity index (χ2n) is 6.59. The van der Waals surface area contributed by atoms with E-state index in [9.17, 15) is 13.2 Å². The van der Waals surface area contributed by atoms with E-state index in [4.69, 9.17) is 15.7 Å². The first kappa shape index (κ1) is 22.6. The number of hydrogen-bond donors (Lipinski definition) is 3. The maximum Gasteiger partial charge on any atom is 0.260 e. The summed E-state index contributed by atoms with van der Waals surface area (Å²) in [5.74, 6) is -0.0409. The van der Waals surface area contributed by atoms with Crippen molar-refractivity contribution in [1.82, 2.24) is 5.48 Å². The molecule has 2 rings (SSSR count). The zero-order chi connectivity index (χ0) is 19.4. The van der Waals surface area contributed by atoms with E-state index >= 15 is 0 Å². The molecule has 0 heterocycles. The lowest BCUT2D eigenvalue weighted by Crippen LogP contribution is -2.51. The summed E-state index contributed by atoms with van der Waals surface area (Å²) in [7, 11) is -3.69. The largest absolute Gasteiger partial charge is 0.457 e. The van der Waals surface area contributed by atoms with Crippen molar-refractivity contribution in [2.24, 2.45) is 11.1 Å². The number of benzene rings is 2. The normalized spacial score (nSPS) is 12.6. The Hall–Kier alpha value is -2.42. The zero-order valence-corrected chi connectivity index (χ0v) is 15.4. The Morgan fingerprint density at radius 1 is 1.11 bits per heavy atom. The molecule has 2 aromatic carbocycles. The molecule has 1 amide bonds. The van der Waals surface area contributed by atoms with Gasteiger partial charge >= 0.3 is 0 Å². The van der Waals surface area contributed by atoms with E-state index < -0.39 is 27.2 Å². The van der Waals surface area contributed by atoms with E-state index in [1.165, 1.54) is 17.6 Å². The van der Waals surface area contributed by atoms with Gasteiger partial charge < -0.3 is 10.5 Å². The number of amides is 1. The highest BCUT2D eigenvalue weighted by Gasteiger charge is 2.37. The SMILES string of the molecule is C.CC(C)(CS(=O)(=O)c1ccc(Oc2ccccc2)cc1)[C@H](N)C(=O)NO. The summed E-state index contributed by atoms with van der Waals surface area (Å²) < 4.78 is 30.9. The third-order valence-corrected chi connectivity index (χ3v) is 6.07. The summed E-state index contributed by atoms with van der Waals surface area (Å²) in [6, 6.07) is 14.0. The Morgan fingerprint density at radius 2 is 1.63 bits per heavy atom. The molecule has 0 saturated heterocycles. The molecule has 0 aliphatic rings. The van der Waals surface area contributed by atoms with Crippen molar-refractivity contribution in [3.05, 3.63) is 54.6 Å². The van der Waals surface area contributed by atoms with Crippen LogP contribution in [0.4, 0.5) is 0 Å². The van der Waals surface area contributed by atoms with Crippen LogP contribution in [-0.2, 0) is 14.6 Å². The van der Waals surface area contributed by atoms with E-state index in [0.29, 0.717) is 11.5 Å². The van der Waals surface area contributed by atoms with Gasteiger partial charge in [0.05, 0.1) is 16.7 Å². The number of para-hydroxylation sites is 1. The van der Waals surface area contributed by atoms with E-state index in [-0.39, 0.29) is 18.1 Å². The molecule has 0 fully saturated rings. The monoisotopic (exact) mass is 394 g/mol. The van der Waals surface area contributed by atoms with Crippen LogP contribution in [-0.4, -0.2) is 31.3 Å². The van der Waals surface area contributed by atoms with Crippen LogP contribution in [0.3, 0.4) is 0 Å². The van der Waals surface area contributed by atoms with E-state index in [0.717, 1.165) is 0 Å². The molecule has 0 spiro atoms. The van der Waals surface area contributed by atoms with Crippen molar-refractivity contribution < 1.29 is 23.2 Å². The molecule has 0 saturated carbocycles. The first-order valence-corrected chi connectivity index (χ1v) is 9.56. The topological polar surface area (TPSA) is 119 Å². The number of sulfone groups is 1. The standard InChI is InChI=1S/C18H22N2O5S.CH4/c1-18(2,16(19)17(21)20-22)12-26(23,24)15-10-8-14(9-11-15)25-13-6-4-3-5-7-13;/h3-11,16,22H,12,19H2,1-2H3,(H,20,21);1H4/t16-;/m1./s1. The maximum atomic E-state index is 12.6. The summed E-state index contributed by atoms with van der Waals surface area (Å²) >= 11 is 0. The lowest BCUT2D eigenvalue weighted by Gasteiger charge is -2.29. The van der Waals surface area contributed by atoms with Crippen molar-refractivity contribution in [3.63, 3.8) is 0 Å². The van der Waals surface area contributed by atoms with E-state index in [1.807, 2.05) is 18.2 Å². The van der Waals surface area contributed by atoms with Gasteiger partial charge in [0.2, 0.25) is 0 Å². The Kier molecular flexibility index (Phi) is 7.53. The van der Waals surface area contributed by atoms with Crippen molar-refractivity contribution in [2.45, 2.75) is 32.2 Å². The average Bonchev–Trinajstić information content (AvgIpc) is 2.61. The van der Waals surface area contributed by atoms with Crippen LogP contribution in [0.2, 0.25) is 0 Å². The molecule has 0 unspecified atom stereocenters. The van der Waals surface area contributed by atoms with Crippen LogP contribution in [0.25, 0.3) is 0 Å². The molecule has 4 N–H and O–H groups in total. The Bertz CT molecular complexity index is 849. The molecule has 0 aliphatic heterocycles. The van der Waals surface area contributed by atoms with Gasteiger partial charge in [0.1, 0.15) is 11.5 Å². The number of carbonyl (C=O) groups excluding carboxylic acids is 1. The minimum atomic E-state index is -3.69. The van der Waals surface area contributed by atoms with Crippen LogP contribution in [0.1, 0.15) is 21.3 Å². The second kappa shape index (κ2) is 8.98. The number of nitrogens with one attached hydrogen (secondary N) is 1. The van der Waals surface area contributed by atoms with Gasteiger partial charge in [0.25, 0.3) is 5.91 Å². The highest BCUT2D eigenvalue weighted by atomic mass is 32.2. The highest BCUT2D eigenvalue weighted by Crippen LogP contribution is 2.28. The second-order valence-corrected chi connectivity index (χ2v) is 8.58. The van der Waals surface area contributed by atoms with Crippen molar-refractivity contribution in [3.8, 4) is 11.5 Å². The van der Waals surface area contributed by atoms with Gasteiger partial charge in [-0.05, 0) is 36.4 Å². The molecule has 27 heavy (non-hydrogen) atoms. The molecule has 0 bridgehead atoms. The Morgan fingerprint density at radius 3 is 2.15 bits per heavy atom. The van der Waals surface area contributed by atoms with Crippen molar-refractivity contribution in [2.75, 3.05) is 5.75 Å². The molecule has 0 aromatic heterocycles. The molecule has 148 valence electrons. The van der Waals surface area contributed by atoms with E-state index in [1.54, 1.807) is 38.1 Å². The fourth-order valence-electron chi connectivity index (χ4n) is 2.43. The minimum absolute atomic E-state index is 0. The van der Waals surface area contributed by atoms with Gasteiger partial charge in [-0.3, -0.25) is 10.0 Å². The maximum absolute atomic E-state index is 12.6. The van der Waals surface area contributed by atoms with Crippen LogP contribution in [0, 0.1) is 5.41 Å². The van der Waals surface area contributed by atoms with Crippen LogP contribution < -0.4 is 16.0 Å². The Balaban J connectivity index is 0.00000364. The molecular formula is C19H26N2O5S. The van der Waals surface area contributed by atoms with Crippen LogP contribution in [0.15, 0.2) is 59.5 Å². The molecule has 2 aromatic rings. The third-order valence-electron chi connectivity index (χ3n) is 3.96. The van der Waals surface area contributed by atoms with Gasteiger partial charge in [-0.2, -0.15) is 0 Å². The van der Waals surface area contributed by atoms with Gasteiger partial charge in [-0.1, -0.05) is 39.5 Å². The molecule has 8 heteroatoms. The lowest BCUT2D eigenvalue weighted by molar-refractivity contribution is -0.132. The van der Waals surface area contributed by atoms with Gasteiger partial charge in [0, 0.05) is 5.41 Å². The van der Waals surface area contributed by atoms with Crippen molar-refractivity contribution in [1.29, 1.82) is 0 Å². The number of rotatable bonds is 7. The minimum Gasteiger partial charge on any atom is -0.457 e. The van der Waals surface area contributed by atoms with Gasteiger partial charge in [0.15, 0.2) is 9.84 Å². The zero-order valence-electron chi connectivity index (χ0n) is 14.5. The third kappa shape index (κ3) is 5.78. The average molecular weight is 394 g/mol. The number of carbonyl (C=O) groups is 1. The highest BCUT2D eigenvalue weighted by molar-refractivity contribution is 7.91. The summed E-state index contributed by atoms with van der Waals surface area (Å²) in [6.07, 6.45) is 0. The fraction of sp³-hybridized carbons (Fsp3) is 0.316. The first-order chi connectivity index (χ1) is 12.2. The lowest BCUT2D eigenvalue weighted by atomic mass is 9.87. The number of hydroxylamine groups is 1. The van der Waals surface area contributed by atoms with Crippen LogP contribution in [0.5, 0.6) is 11.5 Å². The molecule has 0 radical (unpaired) electrons. The fourth-order valence-corrected chi connectivity index (χ4v) is 4.30.